The van der Waals surface area contributed by atoms with E-state index in [1.165, 1.54) is 16.9 Å². The van der Waals surface area contributed by atoms with Crippen molar-refractivity contribution in [2.75, 3.05) is 7.11 Å². The van der Waals surface area contributed by atoms with Crippen molar-refractivity contribution in [3.63, 3.8) is 0 Å². The lowest BCUT2D eigenvalue weighted by Gasteiger charge is -2.31. The number of phenols is 1. The number of hydrogen-bond acceptors (Lipinski definition) is 5. The van der Waals surface area contributed by atoms with Crippen molar-refractivity contribution in [3.8, 4) is 11.5 Å². The molecule has 0 saturated heterocycles. The van der Waals surface area contributed by atoms with E-state index in [-0.39, 0.29) is 17.4 Å². The number of aryl methyl sites for hydroxylation is 1. The Morgan fingerprint density at radius 2 is 1.86 bits per heavy atom. The third-order valence-electron chi connectivity index (χ3n) is 6.62. The van der Waals surface area contributed by atoms with Crippen molar-refractivity contribution in [1.82, 2.24) is 4.57 Å². The number of benzene rings is 3. The Kier molecular flexibility index (Phi) is 6.29. The molecule has 8 heteroatoms. The third-order valence-corrected chi connectivity index (χ3v) is 9.25. The van der Waals surface area contributed by atoms with Crippen LogP contribution in [0.4, 0.5) is 0 Å². The van der Waals surface area contributed by atoms with Gasteiger partial charge in [-0.15, -0.1) is 0 Å². The number of rotatable bonds is 3. The van der Waals surface area contributed by atoms with Crippen LogP contribution in [0.2, 0.25) is 0 Å². The van der Waals surface area contributed by atoms with Gasteiger partial charge in [0.15, 0.2) is 4.80 Å². The number of aromatic hydroxyl groups is 1. The number of methoxy groups -OCH3 is 1. The number of fused-ring (bicyclic) bond motifs is 3. The standard InChI is InChI=1S/C28H20I2N2O3S/c1-35-18-7-4-6-17(14-18)25-20-10-9-16-5-2-3-8-19(16)24(20)31-28-32(25)27(34)23(36-28)13-15-11-21(29)26(33)22(30)12-15/h2-8,11-14,25,33H,9-10H2,1H3/b23-13-/t25-/m1/s1. The molecule has 1 aromatic heterocycles. The van der Waals surface area contributed by atoms with Gasteiger partial charge in [-0.2, -0.15) is 0 Å². The SMILES string of the molecule is COc1cccc([C@@H]2C3=C(N=c4s/c(=C\c5cc(I)c(O)c(I)c5)c(=O)n42)c2ccccc2CC3)c1. The van der Waals surface area contributed by atoms with Crippen molar-refractivity contribution >= 4 is 68.3 Å². The van der Waals surface area contributed by atoms with Crippen molar-refractivity contribution in [2.24, 2.45) is 4.99 Å². The highest BCUT2D eigenvalue weighted by Crippen LogP contribution is 2.41. The summed E-state index contributed by atoms with van der Waals surface area (Å²) in [6.07, 6.45) is 3.66. The lowest BCUT2D eigenvalue weighted by atomic mass is 9.83. The lowest BCUT2D eigenvalue weighted by molar-refractivity contribution is 0.413. The van der Waals surface area contributed by atoms with Gasteiger partial charge in [-0.25, -0.2) is 4.99 Å². The maximum atomic E-state index is 13.9. The van der Waals surface area contributed by atoms with Crippen LogP contribution in [0, 0.1) is 7.14 Å². The highest BCUT2D eigenvalue weighted by molar-refractivity contribution is 14.1. The molecule has 1 atom stereocenters. The number of hydrogen-bond donors (Lipinski definition) is 1. The van der Waals surface area contributed by atoms with Crippen molar-refractivity contribution < 1.29 is 9.84 Å². The Labute approximate surface area is 238 Å². The second-order valence-corrected chi connectivity index (χ2v) is 12.1. The summed E-state index contributed by atoms with van der Waals surface area (Å²) in [6, 6.07) is 19.9. The van der Waals surface area contributed by atoms with E-state index in [0.29, 0.717) is 9.33 Å². The Balaban J connectivity index is 1.62. The molecule has 6 rings (SSSR count). The largest absolute Gasteiger partial charge is 0.506 e. The molecule has 36 heavy (non-hydrogen) atoms. The van der Waals surface area contributed by atoms with E-state index >= 15 is 0 Å². The van der Waals surface area contributed by atoms with E-state index < -0.39 is 0 Å². The first-order chi connectivity index (χ1) is 17.4. The molecule has 0 bridgehead atoms. The Morgan fingerprint density at radius 1 is 1.08 bits per heavy atom. The summed E-state index contributed by atoms with van der Waals surface area (Å²) < 4.78 is 9.48. The third kappa shape index (κ3) is 4.03. The molecule has 2 heterocycles. The summed E-state index contributed by atoms with van der Waals surface area (Å²) in [7, 11) is 1.66. The molecular weight excluding hydrogens is 698 g/mol. The molecule has 1 aliphatic carbocycles. The van der Waals surface area contributed by atoms with Crippen molar-refractivity contribution in [3.05, 3.63) is 115 Å². The van der Waals surface area contributed by atoms with Crippen LogP contribution in [-0.2, 0) is 6.42 Å². The molecule has 0 saturated carbocycles. The minimum atomic E-state index is -0.248. The van der Waals surface area contributed by atoms with Gasteiger partial charge < -0.3 is 9.84 Å². The van der Waals surface area contributed by atoms with Crippen LogP contribution in [0.15, 0.2) is 76.0 Å². The highest BCUT2D eigenvalue weighted by Gasteiger charge is 2.32. The normalized spacial score (nSPS) is 16.8. The molecular formula is C28H20I2N2O3S. The molecule has 0 amide bonds. The van der Waals surface area contributed by atoms with Gasteiger partial charge in [-0.3, -0.25) is 9.36 Å². The minimum Gasteiger partial charge on any atom is -0.506 e. The molecule has 5 nitrogen and oxygen atoms in total. The van der Waals surface area contributed by atoms with Crippen LogP contribution in [0.3, 0.4) is 0 Å². The first kappa shape index (κ1) is 23.9. The van der Waals surface area contributed by atoms with Gasteiger partial charge in [0, 0.05) is 5.56 Å². The smallest absolute Gasteiger partial charge is 0.271 e. The summed E-state index contributed by atoms with van der Waals surface area (Å²) in [5.74, 6) is 1.03. The molecule has 0 spiro atoms. The monoisotopic (exact) mass is 718 g/mol. The number of thiazole rings is 1. The van der Waals surface area contributed by atoms with Crippen LogP contribution in [0.1, 0.15) is 34.7 Å². The van der Waals surface area contributed by atoms with Gasteiger partial charge in [0.05, 0.1) is 30.5 Å². The van der Waals surface area contributed by atoms with Crippen LogP contribution in [0.25, 0.3) is 11.8 Å². The summed E-state index contributed by atoms with van der Waals surface area (Å²) in [5.41, 5.74) is 6.40. The number of nitrogens with zero attached hydrogens (tertiary/aromatic N) is 2. The van der Waals surface area contributed by atoms with E-state index in [1.54, 1.807) is 7.11 Å². The van der Waals surface area contributed by atoms with E-state index in [2.05, 4.69) is 69.4 Å². The number of allylic oxidation sites excluding steroid dienone is 1. The highest BCUT2D eigenvalue weighted by atomic mass is 127. The molecule has 4 aromatic rings. The Hall–Kier alpha value is -2.44. The van der Waals surface area contributed by atoms with Gasteiger partial charge in [-0.1, -0.05) is 47.7 Å². The van der Waals surface area contributed by atoms with Crippen LogP contribution in [0.5, 0.6) is 11.5 Å². The Morgan fingerprint density at radius 3 is 2.64 bits per heavy atom. The topological polar surface area (TPSA) is 63.8 Å². The molecule has 180 valence electrons. The fraction of sp³-hybridized carbons (Fsp3) is 0.143. The maximum Gasteiger partial charge on any atom is 0.271 e. The molecule has 1 aliphatic heterocycles. The van der Waals surface area contributed by atoms with Gasteiger partial charge in [0.1, 0.15) is 11.5 Å². The van der Waals surface area contributed by atoms with Crippen LogP contribution >= 0.6 is 56.5 Å². The minimum absolute atomic E-state index is 0.0601. The fourth-order valence-electron chi connectivity index (χ4n) is 4.95. The number of phenolic OH excluding ortho intramolecular Hbond substituents is 1. The van der Waals surface area contributed by atoms with Gasteiger partial charge in [0.2, 0.25) is 0 Å². The van der Waals surface area contributed by atoms with Gasteiger partial charge in [0.25, 0.3) is 5.56 Å². The van der Waals surface area contributed by atoms with Gasteiger partial charge in [-0.05, 0) is 111 Å². The maximum absolute atomic E-state index is 13.9. The lowest BCUT2D eigenvalue weighted by Crippen LogP contribution is -2.38. The number of ether oxygens (including phenoxy) is 1. The summed E-state index contributed by atoms with van der Waals surface area (Å²) >= 11 is 5.63. The molecule has 0 unspecified atom stereocenters. The van der Waals surface area contributed by atoms with Gasteiger partial charge >= 0.3 is 0 Å². The predicted molar refractivity (Wildman–Crippen MR) is 159 cm³/mol. The fourth-order valence-corrected chi connectivity index (χ4v) is 7.77. The zero-order chi connectivity index (χ0) is 25.0. The van der Waals surface area contributed by atoms with E-state index in [1.807, 2.05) is 47.0 Å². The number of halogens is 2. The van der Waals surface area contributed by atoms with Crippen molar-refractivity contribution in [1.29, 1.82) is 0 Å². The summed E-state index contributed by atoms with van der Waals surface area (Å²) in [4.78, 5) is 19.6. The second kappa shape index (κ2) is 9.46. The molecule has 1 N–H and O–H groups in total. The molecule has 0 radical (unpaired) electrons. The molecule has 0 fully saturated rings. The molecule has 3 aromatic carbocycles. The quantitative estimate of drug-likeness (QED) is 0.295. The molecule has 2 aliphatic rings. The predicted octanol–water partition coefficient (Wildman–Crippen LogP) is 5.24. The summed E-state index contributed by atoms with van der Waals surface area (Å²) in [6.45, 7) is 0. The first-order valence-electron chi connectivity index (χ1n) is 11.4. The second-order valence-electron chi connectivity index (χ2n) is 8.72. The number of aromatic nitrogens is 1. The zero-order valence-corrected chi connectivity index (χ0v) is 24.3. The summed E-state index contributed by atoms with van der Waals surface area (Å²) in [5, 5.41) is 10.2. The first-order valence-corrected chi connectivity index (χ1v) is 14.4. The zero-order valence-electron chi connectivity index (χ0n) is 19.2. The van der Waals surface area contributed by atoms with E-state index in [9.17, 15) is 9.90 Å². The average Bonchev–Trinajstić information content (AvgIpc) is 3.20. The van der Waals surface area contributed by atoms with E-state index in [0.717, 1.165) is 53.7 Å². The average molecular weight is 718 g/mol. The van der Waals surface area contributed by atoms with Crippen LogP contribution in [-0.4, -0.2) is 16.8 Å². The van der Waals surface area contributed by atoms with Crippen molar-refractivity contribution in [2.45, 2.75) is 18.9 Å². The van der Waals surface area contributed by atoms with Crippen LogP contribution < -0.4 is 19.6 Å². The van der Waals surface area contributed by atoms with E-state index in [4.69, 9.17) is 9.73 Å². The Bertz CT molecular complexity index is 1730.